The summed E-state index contributed by atoms with van der Waals surface area (Å²) in [5.41, 5.74) is 4.85. The molecule has 0 bridgehead atoms. The second-order valence-electron chi connectivity index (χ2n) is 9.00. The quantitative estimate of drug-likeness (QED) is 0.366. The van der Waals surface area contributed by atoms with E-state index >= 15 is 0 Å². The van der Waals surface area contributed by atoms with Gasteiger partial charge in [-0.1, -0.05) is 72.8 Å². The molecule has 0 atom stereocenters. The second-order valence-corrected chi connectivity index (χ2v) is 9.00. The number of aryl methyl sites for hydroxylation is 1. The summed E-state index contributed by atoms with van der Waals surface area (Å²) in [6.07, 6.45) is 5.29. The summed E-state index contributed by atoms with van der Waals surface area (Å²) in [5, 5.41) is 0. The van der Waals surface area contributed by atoms with Gasteiger partial charge in [0.25, 0.3) is 0 Å². The molecule has 3 aromatic carbocycles. The summed E-state index contributed by atoms with van der Waals surface area (Å²) in [4.78, 5) is 19.9. The summed E-state index contributed by atoms with van der Waals surface area (Å²) in [7, 11) is 0. The smallest absolute Gasteiger partial charge is 0.222 e. The standard InChI is InChI=1S/C29H31N3O/c33-29(17-9-14-23-10-3-1-4-11-23)31-20-18-25(19-21-31)32-27-16-8-7-15-26(27)30-28(32)22-24-12-5-2-6-13-24/h1-8,10-13,15-16,25H,9,14,17-22H2. The summed E-state index contributed by atoms with van der Waals surface area (Å²) in [5.74, 6) is 1.42. The number of amides is 1. The molecule has 0 N–H and O–H groups in total. The third-order valence-electron chi connectivity index (χ3n) is 6.76. The van der Waals surface area contributed by atoms with E-state index in [1.807, 2.05) is 6.07 Å². The van der Waals surface area contributed by atoms with Crippen LogP contribution in [0.15, 0.2) is 84.9 Å². The topological polar surface area (TPSA) is 38.1 Å². The van der Waals surface area contributed by atoms with Crippen LogP contribution in [-0.2, 0) is 17.6 Å². The maximum absolute atomic E-state index is 12.8. The van der Waals surface area contributed by atoms with Gasteiger partial charge in [0, 0.05) is 32.0 Å². The van der Waals surface area contributed by atoms with E-state index in [1.54, 1.807) is 0 Å². The van der Waals surface area contributed by atoms with Gasteiger partial charge in [0.05, 0.1) is 11.0 Å². The van der Waals surface area contributed by atoms with E-state index in [0.717, 1.165) is 56.5 Å². The minimum Gasteiger partial charge on any atom is -0.343 e. The Morgan fingerprint density at radius 1 is 0.818 bits per heavy atom. The first-order valence-electron chi connectivity index (χ1n) is 12.1. The van der Waals surface area contributed by atoms with Crippen molar-refractivity contribution in [3.8, 4) is 0 Å². The van der Waals surface area contributed by atoms with Gasteiger partial charge in [0.15, 0.2) is 0 Å². The van der Waals surface area contributed by atoms with Crippen molar-refractivity contribution in [3.05, 3.63) is 102 Å². The summed E-state index contributed by atoms with van der Waals surface area (Å²) >= 11 is 0. The van der Waals surface area contributed by atoms with E-state index in [2.05, 4.69) is 88.3 Å². The number of nitrogens with zero attached hydrogens (tertiary/aromatic N) is 3. The van der Waals surface area contributed by atoms with Crippen molar-refractivity contribution in [2.24, 2.45) is 0 Å². The third kappa shape index (κ3) is 5.00. The van der Waals surface area contributed by atoms with Crippen LogP contribution in [0, 0.1) is 0 Å². The fraction of sp³-hybridized carbons (Fsp3) is 0.310. The van der Waals surface area contributed by atoms with Gasteiger partial charge in [-0.25, -0.2) is 4.98 Å². The van der Waals surface area contributed by atoms with Crippen LogP contribution in [0.2, 0.25) is 0 Å². The third-order valence-corrected chi connectivity index (χ3v) is 6.76. The first kappa shape index (κ1) is 21.4. The van der Waals surface area contributed by atoms with Crippen LogP contribution in [0.5, 0.6) is 0 Å². The Hall–Kier alpha value is -3.40. The number of hydrogen-bond acceptors (Lipinski definition) is 2. The molecule has 1 amide bonds. The molecule has 1 aromatic heterocycles. The monoisotopic (exact) mass is 437 g/mol. The van der Waals surface area contributed by atoms with Gasteiger partial charge in [0.1, 0.15) is 5.82 Å². The lowest BCUT2D eigenvalue weighted by Crippen LogP contribution is -2.39. The number of rotatable bonds is 7. The number of piperidine rings is 1. The van der Waals surface area contributed by atoms with Crippen LogP contribution in [0.25, 0.3) is 11.0 Å². The minimum atomic E-state index is 0.296. The molecule has 2 heterocycles. The van der Waals surface area contributed by atoms with Crippen molar-refractivity contribution in [1.82, 2.24) is 14.5 Å². The molecule has 5 rings (SSSR count). The second kappa shape index (κ2) is 10.0. The van der Waals surface area contributed by atoms with Crippen molar-refractivity contribution in [1.29, 1.82) is 0 Å². The fourth-order valence-corrected chi connectivity index (χ4v) is 5.02. The molecular weight excluding hydrogens is 406 g/mol. The molecule has 0 spiro atoms. The average molecular weight is 438 g/mol. The van der Waals surface area contributed by atoms with Gasteiger partial charge in [0.2, 0.25) is 5.91 Å². The Kier molecular flexibility index (Phi) is 6.52. The highest BCUT2D eigenvalue weighted by molar-refractivity contribution is 5.77. The molecule has 168 valence electrons. The van der Waals surface area contributed by atoms with Gasteiger partial charge < -0.3 is 9.47 Å². The molecule has 1 aliphatic heterocycles. The lowest BCUT2D eigenvalue weighted by Gasteiger charge is -2.34. The van der Waals surface area contributed by atoms with Crippen molar-refractivity contribution in [3.63, 3.8) is 0 Å². The van der Waals surface area contributed by atoms with Crippen LogP contribution >= 0.6 is 0 Å². The average Bonchev–Trinajstić information content (AvgIpc) is 3.23. The van der Waals surface area contributed by atoms with E-state index in [-0.39, 0.29) is 0 Å². The van der Waals surface area contributed by atoms with Crippen LogP contribution in [-0.4, -0.2) is 33.4 Å². The zero-order valence-electron chi connectivity index (χ0n) is 19.1. The van der Waals surface area contributed by atoms with Crippen LogP contribution < -0.4 is 0 Å². The Labute approximate surface area is 195 Å². The highest BCUT2D eigenvalue weighted by atomic mass is 16.2. The maximum Gasteiger partial charge on any atom is 0.222 e. The number of para-hydroxylation sites is 2. The molecule has 33 heavy (non-hydrogen) atoms. The van der Waals surface area contributed by atoms with E-state index in [0.29, 0.717) is 18.4 Å². The van der Waals surface area contributed by atoms with Gasteiger partial charge >= 0.3 is 0 Å². The number of likely N-dealkylation sites (tertiary alicyclic amines) is 1. The Balaban J connectivity index is 1.24. The fourth-order valence-electron chi connectivity index (χ4n) is 5.02. The summed E-state index contributed by atoms with van der Waals surface area (Å²) < 4.78 is 2.44. The van der Waals surface area contributed by atoms with Crippen LogP contribution in [0.1, 0.15) is 48.7 Å². The van der Waals surface area contributed by atoms with Crippen LogP contribution in [0.3, 0.4) is 0 Å². The zero-order valence-corrected chi connectivity index (χ0v) is 19.1. The predicted octanol–water partition coefficient (Wildman–Crippen LogP) is 5.81. The number of carbonyl (C=O) groups is 1. The normalized spacial score (nSPS) is 14.6. The summed E-state index contributed by atoms with van der Waals surface area (Å²) in [6, 6.07) is 29.8. The highest BCUT2D eigenvalue weighted by Gasteiger charge is 2.26. The number of imidazole rings is 1. The first-order chi connectivity index (χ1) is 16.3. The van der Waals surface area contributed by atoms with Gasteiger partial charge in [-0.3, -0.25) is 4.79 Å². The van der Waals surface area contributed by atoms with Crippen molar-refractivity contribution in [2.45, 2.75) is 44.6 Å². The number of fused-ring (bicyclic) bond motifs is 1. The van der Waals surface area contributed by atoms with E-state index in [9.17, 15) is 4.79 Å². The Morgan fingerprint density at radius 3 is 2.18 bits per heavy atom. The molecule has 4 nitrogen and oxygen atoms in total. The molecular formula is C29H31N3O. The zero-order chi connectivity index (χ0) is 22.5. The van der Waals surface area contributed by atoms with Crippen molar-refractivity contribution < 1.29 is 4.79 Å². The highest BCUT2D eigenvalue weighted by Crippen LogP contribution is 2.30. The van der Waals surface area contributed by atoms with Crippen molar-refractivity contribution in [2.75, 3.05) is 13.1 Å². The number of hydrogen-bond donors (Lipinski definition) is 0. The Morgan fingerprint density at radius 2 is 1.45 bits per heavy atom. The largest absolute Gasteiger partial charge is 0.343 e. The maximum atomic E-state index is 12.8. The number of benzene rings is 3. The lowest BCUT2D eigenvalue weighted by molar-refractivity contribution is -0.132. The van der Waals surface area contributed by atoms with Gasteiger partial charge in [-0.2, -0.15) is 0 Å². The van der Waals surface area contributed by atoms with Gasteiger partial charge in [-0.05, 0) is 48.9 Å². The van der Waals surface area contributed by atoms with E-state index in [1.165, 1.54) is 16.6 Å². The molecule has 0 aliphatic carbocycles. The van der Waals surface area contributed by atoms with E-state index in [4.69, 9.17) is 4.98 Å². The lowest BCUT2D eigenvalue weighted by atomic mass is 10.0. The van der Waals surface area contributed by atoms with E-state index < -0.39 is 0 Å². The molecule has 4 aromatic rings. The minimum absolute atomic E-state index is 0.296. The Bertz CT molecular complexity index is 1190. The molecule has 1 fully saturated rings. The molecule has 0 unspecified atom stereocenters. The van der Waals surface area contributed by atoms with Gasteiger partial charge in [-0.15, -0.1) is 0 Å². The molecule has 4 heteroatoms. The first-order valence-corrected chi connectivity index (χ1v) is 12.1. The molecule has 1 saturated heterocycles. The predicted molar refractivity (Wildman–Crippen MR) is 133 cm³/mol. The SMILES string of the molecule is O=C(CCCc1ccccc1)N1CCC(n2c(Cc3ccccc3)nc3ccccc32)CC1. The molecule has 1 aliphatic rings. The number of carbonyl (C=O) groups excluding carboxylic acids is 1. The number of aromatic nitrogens is 2. The van der Waals surface area contributed by atoms with Crippen molar-refractivity contribution >= 4 is 16.9 Å². The summed E-state index contributed by atoms with van der Waals surface area (Å²) in [6.45, 7) is 1.65. The molecule has 0 saturated carbocycles. The molecule has 0 radical (unpaired) electrons. The van der Waals surface area contributed by atoms with Crippen LogP contribution in [0.4, 0.5) is 0 Å².